The Balaban J connectivity index is 1.60. The standard InChI is InChI=1S/C21H23ClN2O7S/c1-29-21(26)12-15-2-5-17(6-3-15)31-14-20(25)23-16-4-7-18(22)19(13-16)32(27,28)24-8-10-30-11-9-24/h2-7,13H,8-12,14H2,1H3,(H,23,25). The van der Waals surface area contributed by atoms with Gasteiger partial charge in [-0.05, 0) is 35.9 Å². The van der Waals surface area contributed by atoms with Gasteiger partial charge in [-0.25, -0.2) is 8.42 Å². The molecule has 2 aromatic rings. The Hall–Kier alpha value is -2.66. The monoisotopic (exact) mass is 482 g/mol. The van der Waals surface area contributed by atoms with Gasteiger partial charge in [-0.2, -0.15) is 4.31 Å². The fourth-order valence-electron chi connectivity index (χ4n) is 2.99. The number of hydrogen-bond donors (Lipinski definition) is 1. The van der Waals surface area contributed by atoms with Gasteiger partial charge in [-0.1, -0.05) is 23.7 Å². The lowest BCUT2D eigenvalue weighted by atomic mass is 10.1. The van der Waals surface area contributed by atoms with Crippen LogP contribution in [0.4, 0.5) is 5.69 Å². The topological polar surface area (TPSA) is 111 Å². The van der Waals surface area contributed by atoms with E-state index in [1.165, 1.54) is 29.6 Å². The van der Waals surface area contributed by atoms with E-state index in [4.69, 9.17) is 21.1 Å². The molecule has 0 radical (unpaired) electrons. The van der Waals surface area contributed by atoms with Gasteiger partial charge in [0.25, 0.3) is 5.91 Å². The lowest BCUT2D eigenvalue weighted by Crippen LogP contribution is -2.40. The van der Waals surface area contributed by atoms with Crippen LogP contribution in [0.5, 0.6) is 5.75 Å². The molecule has 0 bridgehead atoms. The Kier molecular flexibility index (Phi) is 8.08. The Morgan fingerprint density at radius 1 is 1.12 bits per heavy atom. The first-order valence-corrected chi connectivity index (χ1v) is 11.6. The molecule has 0 saturated carbocycles. The predicted molar refractivity (Wildman–Crippen MR) is 117 cm³/mol. The molecule has 2 aromatic carbocycles. The SMILES string of the molecule is COC(=O)Cc1ccc(OCC(=O)Nc2ccc(Cl)c(S(=O)(=O)N3CCOCC3)c2)cc1. The summed E-state index contributed by atoms with van der Waals surface area (Å²) in [5, 5.41) is 2.68. The number of ether oxygens (including phenoxy) is 3. The number of benzene rings is 2. The first kappa shape index (κ1) is 24.0. The summed E-state index contributed by atoms with van der Waals surface area (Å²) in [6.45, 7) is 0.816. The quantitative estimate of drug-likeness (QED) is 0.573. The number of sulfonamides is 1. The predicted octanol–water partition coefficient (Wildman–Crippen LogP) is 2.09. The second-order valence-corrected chi connectivity index (χ2v) is 9.21. The third kappa shape index (κ3) is 6.19. The number of morpholine rings is 1. The van der Waals surface area contributed by atoms with E-state index in [-0.39, 0.29) is 47.7 Å². The lowest BCUT2D eigenvalue weighted by Gasteiger charge is -2.26. The third-order valence-electron chi connectivity index (χ3n) is 4.67. The lowest BCUT2D eigenvalue weighted by molar-refractivity contribution is -0.139. The maximum Gasteiger partial charge on any atom is 0.309 e. The number of anilines is 1. The van der Waals surface area contributed by atoms with Gasteiger partial charge in [0.15, 0.2) is 6.61 Å². The van der Waals surface area contributed by atoms with Crippen molar-refractivity contribution in [3.8, 4) is 5.75 Å². The van der Waals surface area contributed by atoms with Gasteiger partial charge in [-0.3, -0.25) is 9.59 Å². The first-order valence-electron chi connectivity index (χ1n) is 9.75. The summed E-state index contributed by atoms with van der Waals surface area (Å²) in [5.41, 5.74) is 1.03. The Bertz CT molecular complexity index is 1070. The van der Waals surface area contributed by atoms with E-state index in [2.05, 4.69) is 10.1 Å². The number of methoxy groups -OCH3 is 1. The smallest absolute Gasteiger partial charge is 0.309 e. The number of rotatable bonds is 8. The molecule has 1 amide bonds. The van der Waals surface area contributed by atoms with Gasteiger partial charge in [0.05, 0.1) is 31.8 Å². The summed E-state index contributed by atoms with van der Waals surface area (Å²) >= 11 is 6.13. The van der Waals surface area contributed by atoms with Gasteiger partial charge >= 0.3 is 5.97 Å². The summed E-state index contributed by atoms with van der Waals surface area (Å²) in [6.07, 6.45) is 0.142. The number of amides is 1. The van der Waals surface area contributed by atoms with E-state index in [0.29, 0.717) is 19.0 Å². The highest BCUT2D eigenvalue weighted by Crippen LogP contribution is 2.28. The zero-order chi connectivity index (χ0) is 23.1. The largest absolute Gasteiger partial charge is 0.484 e. The van der Waals surface area contributed by atoms with Crippen molar-refractivity contribution in [2.24, 2.45) is 0 Å². The van der Waals surface area contributed by atoms with E-state index in [1.807, 2.05) is 0 Å². The molecule has 1 aliphatic rings. The highest BCUT2D eigenvalue weighted by molar-refractivity contribution is 7.89. The van der Waals surface area contributed by atoms with E-state index >= 15 is 0 Å². The highest BCUT2D eigenvalue weighted by Gasteiger charge is 2.28. The molecule has 9 nitrogen and oxygen atoms in total. The fourth-order valence-corrected chi connectivity index (χ4v) is 4.90. The summed E-state index contributed by atoms with van der Waals surface area (Å²) in [4.78, 5) is 23.5. The second kappa shape index (κ2) is 10.8. The molecular formula is C21H23ClN2O7S. The summed E-state index contributed by atoms with van der Waals surface area (Å²) in [5.74, 6) is -0.378. The van der Waals surface area contributed by atoms with Gasteiger partial charge in [0.2, 0.25) is 10.0 Å². The molecule has 0 aliphatic carbocycles. The van der Waals surface area contributed by atoms with Crippen molar-refractivity contribution in [3.63, 3.8) is 0 Å². The van der Waals surface area contributed by atoms with Crippen molar-refractivity contribution in [1.29, 1.82) is 0 Å². The minimum absolute atomic E-state index is 0.0674. The number of esters is 1. The van der Waals surface area contributed by atoms with E-state index < -0.39 is 15.9 Å². The average Bonchev–Trinajstić information content (AvgIpc) is 2.80. The fraction of sp³-hybridized carbons (Fsp3) is 0.333. The van der Waals surface area contributed by atoms with Gasteiger partial charge in [-0.15, -0.1) is 0 Å². The highest BCUT2D eigenvalue weighted by atomic mass is 35.5. The molecule has 3 rings (SSSR count). The molecule has 1 N–H and O–H groups in total. The number of carbonyl (C=O) groups excluding carboxylic acids is 2. The van der Waals surface area contributed by atoms with Crippen LogP contribution in [0.1, 0.15) is 5.56 Å². The van der Waals surface area contributed by atoms with Crippen molar-refractivity contribution in [3.05, 3.63) is 53.1 Å². The van der Waals surface area contributed by atoms with Gasteiger partial charge < -0.3 is 19.5 Å². The maximum absolute atomic E-state index is 12.9. The zero-order valence-corrected chi connectivity index (χ0v) is 18.9. The van der Waals surface area contributed by atoms with Crippen molar-refractivity contribution < 1.29 is 32.2 Å². The van der Waals surface area contributed by atoms with E-state index in [0.717, 1.165) is 5.56 Å². The first-order chi connectivity index (χ1) is 15.3. The molecule has 0 unspecified atom stereocenters. The number of nitrogens with one attached hydrogen (secondary N) is 1. The Labute approximate surface area is 191 Å². The molecule has 1 aliphatic heterocycles. The molecule has 1 saturated heterocycles. The van der Waals surface area contributed by atoms with Crippen LogP contribution in [0.25, 0.3) is 0 Å². The molecule has 0 aromatic heterocycles. The summed E-state index contributed by atoms with van der Waals surface area (Å²) in [7, 11) is -2.50. The van der Waals surface area contributed by atoms with Gasteiger partial charge in [0, 0.05) is 18.8 Å². The average molecular weight is 483 g/mol. The van der Waals surface area contributed by atoms with Crippen LogP contribution in [-0.2, 0) is 35.5 Å². The van der Waals surface area contributed by atoms with Crippen LogP contribution >= 0.6 is 11.6 Å². The van der Waals surface area contributed by atoms with Crippen LogP contribution in [0, 0.1) is 0 Å². The second-order valence-electron chi connectivity index (χ2n) is 6.90. The van der Waals surface area contributed by atoms with Crippen LogP contribution in [0.2, 0.25) is 5.02 Å². The van der Waals surface area contributed by atoms with Crippen molar-refractivity contribution in [2.75, 3.05) is 45.3 Å². The van der Waals surface area contributed by atoms with E-state index in [9.17, 15) is 18.0 Å². The molecule has 11 heteroatoms. The Morgan fingerprint density at radius 2 is 1.81 bits per heavy atom. The zero-order valence-electron chi connectivity index (χ0n) is 17.4. The van der Waals surface area contributed by atoms with E-state index in [1.54, 1.807) is 24.3 Å². The molecule has 32 heavy (non-hydrogen) atoms. The normalized spacial score (nSPS) is 14.6. The third-order valence-corrected chi connectivity index (χ3v) is 7.05. The Morgan fingerprint density at radius 3 is 2.47 bits per heavy atom. The molecule has 1 heterocycles. The minimum Gasteiger partial charge on any atom is -0.484 e. The number of halogens is 1. The van der Waals surface area contributed by atoms with Crippen LogP contribution in [0.15, 0.2) is 47.4 Å². The molecular weight excluding hydrogens is 460 g/mol. The van der Waals surface area contributed by atoms with Crippen molar-refractivity contribution in [2.45, 2.75) is 11.3 Å². The minimum atomic E-state index is -3.82. The number of hydrogen-bond acceptors (Lipinski definition) is 7. The van der Waals surface area contributed by atoms with Crippen molar-refractivity contribution >= 4 is 39.2 Å². The summed E-state index contributed by atoms with van der Waals surface area (Å²) in [6, 6.07) is 10.9. The van der Waals surface area contributed by atoms with Crippen LogP contribution in [-0.4, -0.2) is 64.6 Å². The maximum atomic E-state index is 12.9. The van der Waals surface area contributed by atoms with Crippen molar-refractivity contribution in [1.82, 2.24) is 4.31 Å². The molecule has 1 fully saturated rings. The molecule has 0 atom stereocenters. The summed E-state index contributed by atoms with van der Waals surface area (Å²) < 4.78 is 42.3. The molecule has 0 spiro atoms. The number of carbonyl (C=O) groups is 2. The van der Waals surface area contributed by atoms with Crippen LogP contribution in [0.3, 0.4) is 0 Å². The van der Waals surface area contributed by atoms with Gasteiger partial charge in [0.1, 0.15) is 10.6 Å². The number of nitrogens with zero attached hydrogens (tertiary/aromatic N) is 1. The molecule has 172 valence electrons. The van der Waals surface area contributed by atoms with Crippen LogP contribution < -0.4 is 10.1 Å².